The first-order valence-electron chi connectivity index (χ1n) is 21.2. The molecule has 58 heavy (non-hydrogen) atoms. The number of rotatable bonds is 12. The van der Waals surface area contributed by atoms with E-state index in [4.69, 9.17) is 23.8 Å². The van der Waals surface area contributed by atoms with Crippen LogP contribution in [0.1, 0.15) is 99.8 Å². The monoisotopic (exact) mass is 832 g/mol. The molecule has 0 amide bonds. The van der Waals surface area contributed by atoms with Gasteiger partial charge in [0.05, 0.1) is 37.1 Å². The van der Waals surface area contributed by atoms with Crippen molar-refractivity contribution in [1.82, 2.24) is 0 Å². The van der Waals surface area contributed by atoms with Crippen molar-refractivity contribution in [3.63, 3.8) is 0 Å². The first-order chi connectivity index (χ1) is 27.0. The number of hydrogen-bond donors (Lipinski definition) is 11. The fourth-order valence-electron chi connectivity index (χ4n) is 13.6. The van der Waals surface area contributed by atoms with Crippen LogP contribution in [0.15, 0.2) is 12.2 Å². The summed E-state index contributed by atoms with van der Waals surface area (Å²) in [7, 11) is 0. The maximum absolute atomic E-state index is 12.6. The minimum atomic E-state index is -1.67. The Balaban J connectivity index is 1.40. The summed E-state index contributed by atoms with van der Waals surface area (Å²) >= 11 is 0. The summed E-state index contributed by atoms with van der Waals surface area (Å²) in [6.45, 7) is 16.9. The van der Waals surface area contributed by atoms with Gasteiger partial charge in [0.2, 0.25) is 0 Å². The van der Waals surface area contributed by atoms with E-state index in [1.54, 1.807) is 6.92 Å². The van der Waals surface area contributed by atoms with Crippen LogP contribution in [0.25, 0.3) is 0 Å². The Kier molecular flexibility index (Phi) is 13.4. The van der Waals surface area contributed by atoms with Crippen LogP contribution < -0.4 is 0 Å². The van der Waals surface area contributed by atoms with Crippen LogP contribution in [0.3, 0.4) is 0 Å². The fraction of sp³-hybridized carbons (Fsp3) is 0.952. The van der Waals surface area contributed by atoms with E-state index in [0.717, 1.165) is 0 Å². The lowest BCUT2D eigenvalue weighted by Gasteiger charge is -2.72. The van der Waals surface area contributed by atoms with Gasteiger partial charge >= 0.3 is 0 Å². The maximum atomic E-state index is 12.6. The molecule has 6 aliphatic rings. The molecule has 16 nitrogen and oxygen atoms in total. The second kappa shape index (κ2) is 16.7. The smallest absolute Gasteiger partial charge is 0.187 e. The number of aliphatic hydroxyl groups excluding tert-OH is 10. The second-order valence-electron chi connectivity index (χ2n) is 20.4. The van der Waals surface area contributed by atoms with E-state index in [1.807, 2.05) is 20.8 Å². The molecule has 16 heteroatoms. The molecule has 4 aliphatic carbocycles. The average Bonchev–Trinajstić information content (AvgIpc) is 3.55. The van der Waals surface area contributed by atoms with Gasteiger partial charge in [-0.25, -0.2) is 4.89 Å². The molecule has 4 saturated carbocycles. The fourth-order valence-corrected chi connectivity index (χ4v) is 13.6. The zero-order chi connectivity index (χ0) is 43.1. The number of ether oxygens (including phenoxy) is 4. The summed E-state index contributed by atoms with van der Waals surface area (Å²) in [5.41, 5.74) is -2.95. The molecule has 6 fully saturated rings. The van der Waals surface area contributed by atoms with Crippen molar-refractivity contribution in [3.8, 4) is 0 Å². The Labute approximate surface area is 341 Å². The highest BCUT2D eigenvalue weighted by atomic mass is 17.1. The van der Waals surface area contributed by atoms with E-state index in [-0.39, 0.29) is 30.6 Å². The van der Waals surface area contributed by atoms with Crippen LogP contribution in [0, 0.1) is 45.3 Å². The van der Waals surface area contributed by atoms with Crippen molar-refractivity contribution >= 4 is 0 Å². The van der Waals surface area contributed by atoms with E-state index in [9.17, 15) is 56.3 Å². The lowest BCUT2D eigenvalue weighted by atomic mass is 9.34. The third-order valence-corrected chi connectivity index (χ3v) is 17.0. The molecule has 0 aromatic heterocycles. The van der Waals surface area contributed by atoms with Crippen LogP contribution in [-0.4, -0.2) is 161 Å². The Morgan fingerprint density at radius 1 is 0.793 bits per heavy atom. The zero-order valence-corrected chi connectivity index (χ0v) is 35.1. The third kappa shape index (κ3) is 7.35. The highest BCUT2D eigenvalue weighted by molar-refractivity contribution is 5.22. The molecule has 0 bridgehead atoms. The van der Waals surface area contributed by atoms with Crippen LogP contribution in [0.2, 0.25) is 0 Å². The molecule has 22 atom stereocenters. The Bertz CT molecular complexity index is 1450. The molecule has 0 spiro atoms. The van der Waals surface area contributed by atoms with Crippen molar-refractivity contribution in [3.05, 3.63) is 12.2 Å². The predicted octanol–water partition coefficient (Wildman–Crippen LogP) is 0.588. The third-order valence-electron chi connectivity index (χ3n) is 17.0. The van der Waals surface area contributed by atoms with Gasteiger partial charge in [0.1, 0.15) is 54.9 Å². The van der Waals surface area contributed by atoms with Gasteiger partial charge in [-0.2, -0.15) is 0 Å². The largest absolute Gasteiger partial charge is 0.394 e. The van der Waals surface area contributed by atoms with Crippen LogP contribution >= 0.6 is 0 Å². The lowest BCUT2D eigenvalue weighted by molar-refractivity contribution is -0.350. The SMILES string of the molecule is C=C(C)[C@H](CC[C@](C)(O[C@@H]1O[C@H](CO)[C@@H](O)[C@H](O)[C@H]1O)[C@H]1CC[C@]2(C)[C@@H]1[C@H](O)C[C@@H]1[C@@]3(C)CC[C@H](O)C(C)(C)[C@@H]3[C@@H](O[C@@H]3O[C@H](CO)[C@@H](O)[C@H](O)[C@H]3O)C[C@]12C)OO. The van der Waals surface area contributed by atoms with Gasteiger partial charge < -0.3 is 70.0 Å². The van der Waals surface area contributed by atoms with Crippen LogP contribution in [-0.2, 0) is 23.8 Å². The van der Waals surface area contributed by atoms with E-state index in [1.165, 1.54) is 0 Å². The molecule has 0 unspecified atom stereocenters. The van der Waals surface area contributed by atoms with Crippen LogP contribution in [0.4, 0.5) is 0 Å². The van der Waals surface area contributed by atoms with Gasteiger partial charge in [0.25, 0.3) is 0 Å². The van der Waals surface area contributed by atoms with Gasteiger partial charge in [0, 0.05) is 0 Å². The quantitative estimate of drug-likeness (QED) is 0.0556. The summed E-state index contributed by atoms with van der Waals surface area (Å²) in [4.78, 5) is 4.78. The Morgan fingerprint density at radius 2 is 1.36 bits per heavy atom. The molecule has 0 aromatic carbocycles. The highest BCUT2D eigenvalue weighted by Gasteiger charge is 2.74. The number of fused-ring (bicyclic) bond motifs is 5. The van der Waals surface area contributed by atoms with Crippen molar-refractivity contribution in [2.24, 2.45) is 45.3 Å². The topological polar surface area (TPSA) is 269 Å². The van der Waals surface area contributed by atoms with E-state index in [0.29, 0.717) is 44.1 Å². The highest BCUT2D eigenvalue weighted by Crippen LogP contribution is 2.76. The zero-order valence-electron chi connectivity index (χ0n) is 35.1. The lowest BCUT2D eigenvalue weighted by Crippen LogP contribution is -2.71. The first-order valence-corrected chi connectivity index (χ1v) is 21.2. The summed E-state index contributed by atoms with van der Waals surface area (Å²) in [5.74, 6) is -1.15. The first kappa shape index (κ1) is 46.6. The molecular formula is C42H72O16. The van der Waals surface area contributed by atoms with Crippen molar-refractivity contribution < 1.29 is 80.2 Å². The molecule has 2 aliphatic heterocycles. The van der Waals surface area contributed by atoms with E-state index >= 15 is 0 Å². The summed E-state index contributed by atoms with van der Waals surface area (Å²) in [6, 6.07) is 0. The molecular weight excluding hydrogens is 760 g/mol. The summed E-state index contributed by atoms with van der Waals surface area (Å²) < 4.78 is 25.3. The predicted molar refractivity (Wildman–Crippen MR) is 205 cm³/mol. The van der Waals surface area contributed by atoms with Crippen molar-refractivity contribution in [1.29, 1.82) is 0 Å². The second-order valence-corrected chi connectivity index (χ2v) is 20.4. The minimum absolute atomic E-state index is 0.0605. The average molecular weight is 833 g/mol. The van der Waals surface area contributed by atoms with Gasteiger partial charge in [-0.3, -0.25) is 5.26 Å². The standard InChI is InChI=1S/C42H72O16/c1-19(2)22(58-53)10-14-42(8,57-37-34(52)32(50)30(48)25(18-44)56-37)20-9-13-40(6)28(20)21(45)15-26-39(5)12-11-27(46)38(3,4)35(39)23(16-41(26,40)7)54-36-33(51)31(49)29(47)24(17-43)55-36/h20-37,43-53H,1,9-18H2,2-8H3/t20-,21+,22-,23-,24+,25+,26+,27-,28-,29+,30+,31-,32-,33+,34+,35-,36+,37-,39+,40+,41+,42-/m0/s1. The van der Waals surface area contributed by atoms with Gasteiger partial charge in [0.15, 0.2) is 12.6 Å². The molecule has 336 valence electrons. The summed E-state index contributed by atoms with van der Waals surface area (Å²) in [5, 5.41) is 119. The molecule has 2 heterocycles. The van der Waals surface area contributed by atoms with Gasteiger partial charge in [-0.05, 0) is 116 Å². The minimum Gasteiger partial charge on any atom is -0.394 e. The summed E-state index contributed by atoms with van der Waals surface area (Å²) in [6.07, 6.45) is -14.2. The van der Waals surface area contributed by atoms with Crippen molar-refractivity contribution in [2.75, 3.05) is 13.2 Å². The molecule has 11 N–H and O–H groups in total. The van der Waals surface area contributed by atoms with E-state index in [2.05, 4.69) is 27.4 Å². The van der Waals surface area contributed by atoms with Gasteiger partial charge in [-0.15, -0.1) is 0 Å². The Morgan fingerprint density at radius 3 is 1.91 bits per heavy atom. The number of hydrogen-bond acceptors (Lipinski definition) is 16. The van der Waals surface area contributed by atoms with Crippen molar-refractivity contribution in [2.45, 2.75) is 191 Å². The maximum Gasteiger partial charge on any atom is 0.187 e. The molecule has 0 aromatic rings. The molecule has 6 rings (SSSR count). The number of aliphatic hydroxyl groups is 10. The van der Waals surface area contributed by atoms with Crippen LogP contribution in [0.5, 0.6) is 0 Å². The Hall–Kier alpha value is -0.900. The van der Waals surface area contributed by atoms with Gasteiger partial charge in [-0.1, -0.05) is 41.2 Å². The normalized spacial score (nSPS) is 51.9. The van der Waals surface area contributed by atoms with E-state index < -0.39 is 132 Å². The molecule has 0 radical (unpaired) electrons. The molecule has 2 saturated heterocycles.